The van der Waals surface area contributed by atoms with Crippen LogP contribution in [0.5, 0.6) is 0 Å². The Morgan fingerprint density at radius 2 is 1.60 bits per heavy atom. The fraction of sp³-hybridized carbons (Fsp3) is 0.405. The lowest BCUT2D eigenvalue weighted by Crippen LogP contribution is -2.56. The van der Waals surface area contributed by atoms with E-state index in [1.54, 1.807) is 11.0 Å². The Kier molecular flexibility index (Phi) is 11.3. The molecule has 0 aromatic heterocycles. The molecule has 5 amide bonds. The van der Waals surface area contributed by atoms with Crippen molar-refractivity contribution in [2.75, 3.05) is 50.9 Å². The number of amides is 5. The van der Waals surface area contributed by atoms with Gasteiger partial charge in [-0.25, -0.2) is 14.4 Å². The van der Waals surface area contributed by atoms with E-state index in [9.17, 15) is 19.2 Å². The van der Waals surface area contributed by atoms with E-state index in [0.29, 0.717) is 65.8 Å². The number of nitrogen functional groups attached to an aromatic ring is 1. The fourth-order valence-electron chi connectivity index (χ4n) is 7.24. The normalized spacial score (nSPS) is 17.7. The maximum absolute atomic E-state index is 14.1. The van der Waals surface area contributed by atoms with Crippen LogP contribution in [-0.4, -0.2) is 90.6 Å². The van der Waals surface area contributed by atoms with Crippen LogP contribution < -0.4 is 16.4 Å². The second-order valence-corrected chi connectivity index (χ2v) is 14.9. The van der Waals surface area contributed by atoms with Gasteiger partial charge >= 0.3 is 18.0 Å². The molecule has 1 atom stereocenters. The Balaban J connectivity index is 1.10. The van der Waals surface area contributed by atoms with Crippen molar-refractivity contribution in [2.24, 2.45) is 0 Å². The van der Waals surface area contributed by atoms with Crippen LogP contribution >= 0.6 is 31.9 Å². The summed E-state index contributed by atoms with van der Waals surface area (Å²) in [5.41, 5.74) is 11.1. The second kappa shape index (κ2) is 15.8. The quantitative estimate of drug-likeness (QED) is 0.193. The number of carbonyl (C=O) groups is 4. The number of likely N-dealkylation sites (tertiary alicyclic amines) is 2. The lowest BCUT2D eigenvalue weighted by atomic mass is 9.88. The third kappa shape index (κ3) is 8.10. The zero-order chi connectivity index (χ0) is 35.4. The molecule has 13 heteroatoms. The van der Waals surface area contributed by atoms with Gasteiger partial charge in [-0.05, 0) is 117 Å². The first kappa shape index (κ1) is 35.7. The van der Waals surface area contributed by atoms with Gasteiger partial charge < -0.3 is 35.8 Å². The highest BCUT2D eigenvalue weighted by molar-refractivity contribution is 9.11. The molecule has 0 saturated carbocycles. The van der Waals surface area contributed by atoms with Crippen molar-refractivity contribution in [1.29, 1.82) is 0 Å². The monoisotopic (exact) mass is 808 g/mol. The molecule has 0 aliphatic carbocycles. The molecule has 3 aromatic carbocycles. The fourth-order valence-corrected chi connectivity index (χ4v) is 8.52. The smallest absolute Gasteiger partial charge is 0.337 e. The molecular weight excluding hydrogens is 768 g/mol. The number of nitrogens with zero attached hydrogens (tertiary/aromatic N) is 3. The topological polar surface area (TPSA) is 137 Å². The van der Waals surface area contributed by atoms with Crippen molar-refractivity contribution in [1.82, 2.24) is 20.0 Å². The summed E-state index contributed by atoms with van der Waals surface area (Å²) in [6.07, 6.45) is 3.83. The minimum atomic E-state index is -0.795. The maximum Gasteiger partial charge on any atom is 0.337 e. The summed E-state index contributed by atoms with van der Waals surface area (Å²) in [4.78, 5) is 58.6. The van der Waals surface area contributed by atoms with Gasteiger partial charge in [0.2, 0.25) is 5.91 Å². The molecule has 2 fully saturated rings. The number of piperidine rings is 2. The van der Waals surface area contributed by atoms with Crippen LogP contribution in [0.25, 0.3) is 0 Å². The maximum atomic E-state index is 14.1. The number of nitrogens with two attached hydrogens (primary N) is 1. The predicted octanol–water partition coefficient (Wildman–Crippen LogP) is 6.16. The first-order valence-corrected chi connectivity index (χ1v) is 18.6. The van der Waals surface area contributed by atoms with E-state index < -0.39 is 6.04 Å². The number of urea groups is 2. The number of esters is 1. The molecular formula is C37H42Br2N6O5. The Morgan fingerprint density at radius 3 is 2.30 bits per heavy atom. The lowest BCUT2D eigenvalue weighted by Gasteiger charge is -2.39. The standard InChI is InChI=1S/C37H42Br2N6O5/c1-50-35(47)27-7-4-6-26(22-27)24-9-14-43(15-10-24)34(46)32(21-23-19-29(38)33(40)30(39)20-23)42-36(48)44-16-12-28(13-17-44)45-18-11-25-5-2-3-8-31(25)41-37(45)49/h2-8,19-20,22,24,28,32H,9-18,21,40H2,1H3,(H,41,49)(H,42,48)/t32-/m0/s1. The van der Waals surface area contributed by atoms with E-state index in [1.807, 2.05) is 64.4 Å². The minimum absolute atomic E-state index is 0.0184. The van der Waals surface area contributed by atoms with Gasteiger partial charge in [0.1, 0.15) is 6.04 Å². The number of hydrogen-bond acceptors (Lipinski definition) is 6. The largest absolute Gasteiger partial charge is 0.465 e. The van der Waals surface area contributed by atoms with Crippen LogP contribution in [0.2, 0.25) is 0 Å². The number of ether oxygens (including phenoxy) is 1. The highest BCUT2D eigenvalue weighted by Gasteiger charge is 2.34. The van der Waals surface area contributed by atoms with Gasteiger partial charge in [-0.3, -0.25) is 4.79 Å². The average Bonchev–Trinajstić information content (AvgIpc) is 3.31. The number of methoxy groups -OCH3 is 1. The number of fused-ring (bicyclic) bond motifs is 1. The van der Waals surface area contributed by atoms with Gasteiger partial charge in [0.25, 0.3) is 0 Å². The molecule has 11 nitrogen and oxygen atoms in total. The molecule has 2 saturated heterocycles. The van der Waals surface area contributed by atoms with Crippen LogP contribution in [0, 0.1) is 0 Å². The van der Waals surface area contributed by atoms with Crippen LogP contribution in [0.4, 0.5) is 21.0 Å². The van der Waals surface area contributed by atoms with E-state index in [1.165, 1.54) is 7.11 Å². The summed E-state index contributed by atoms with van der Waals surface area (Å²) in [7, 11) is 1.37. The Morgan fingerprint density at radius 1 is 0.920 bits per heavy atom. The first-order chi connectivity index (χ1) is 24.1. The summed E-state index contributed by atoms with van der Waals surface area (Å²) in [5.74, 6) is -0.316. The van der Waals surface area contributed by atoms with Crippen LogP contribution in [-0.2, 0) is 22.4 Å². The van der Waals surface area contributed by atoms with Gasteiger partial charge in [0.05, 0.1) is 18.4 Å². The number of hydrogen-bond donors (Lipinski definition) is 3. The van der Waals surface area contributed by atoms with Gasteiger partial charge in [-0.15, -0.1) is 0 Å². The number of halogens is 2. The highest BCUT2D eigenvalue weighted by atomic mass is 79.9. The lowest BCUT2D eigenvalue weighted by molar-refractivity contribution is -0.134. The average molecular weight is 811 g/mol. The molecule has 0 unspecified atom stereocenters. The van der Waals surface area contributed by atoms with Gasteiger partial charge in [0, 0.05) is 59.8 Å². The van der Waals surface area contributed by atoms with Crippen molar-refractivity contribution in [2.45, 2.75) is 56.5 Å². The zero-order valence-electron chi connectivity index (χ0n) is 28.0. The predicted molar refractivity (Wildman–Crippen MR) is 199 cm³/mol. The first-order valence-electron chi connectivity index (χ1n) is 17.0. The van der Waals surface area contributed by atoms with E-state index in [0.717, 1.165) is 41.6 Å². The molecule has 0 radical (unpaired) electrons. The summed E-state index contributed by atoms with van der Waals surface area (Å²) in [5, 5.41) is 6.12. The van der Waals surface area contributed by atoms with Crippen molar-refractivity contribution < 1.29 is 23.9 Å². The van der Waals surface area contributed by atoms with Crippen molar-refractivity contribution in [3.05, 3.63) is 91.9 Å². The van der Waals surface area contributed by atoms with Gasteiger partial charge in [0.15, 0.2) is 0 Å². The van der Waals surface area contributed by atoms with E-state index >= 15 is 0 Å². The zero-order valence-corrected chi connectivity index (χ0v) is 31.2. The Labute approximate surface area is 309 Å². The number of para-hydroxylation sites is 1. The minimum Gasteiger partial charge on any atom is -0.465 e. The Bertz CT molecular complexity index is 1730. The van der Waals surface area contributed by atoms with Crippen molar-refractivity contribution >= 4 is 67.2 Å². The number of benzene rings is 3. The third-order valence-corrected chi connectivity index (χ3v) is 11.4. The highest BCUT2D eigenvalue weighted by Crippen LogP contribution is 2.32. The summed E-state index contributed by atoms with van der Waals surface area (Å²) >= 11 is 7.02. The van der Waals surface area contributed by atoms with E-state index in [2.05, 4.69) is 42.5 Å². The van der Waals surface area contributed by atoms with Gasteiger partial charge in [-0.1, -0.05) is 30.3 Å². The summed E-state index contributed by atoms with van der Waals surface area (Å²) in [6, 6.07) is 17.9. The molecule has 4 N–H and O–H groups in total. The van der Waals surface area contributed by atoms with Gasteiger partial charge in [-0.2, -0.15) is 0 Å². The molecule has 0 spiro atoms. The molecule has 0 bridgehead atoms. The van der Waals surface area contributed by atoms with Crippen molar-refractivity contribution in [3.8, 4) is 0 Å². The summed E-state index contributed by atoms with van der Waals surface area (Å²) < 4.78 is 6.30. The second-order valence-electron chi connectivity index (χ2n) is 13.1. The number of carbonyl (C=O) groups excluding carboxylic acids is 4. The molecule has 264 valence electrons. The van der Waals surface area contributed by atoms with E-state index in [-0.39, 0.29) is 42.3 Å². The number of nitrogens with one attached hydrogen (secondary N) is 2. The molecule has 3 aliphatic heterocycles. The van der Waals surface area contributed by atoms with Crippen LogP contribution in [0.3, 0.4) is 0 Å². The van der Waals surface area contributed by atoms with Crippen molar-refractivity contribution in [3.63, 3.8) is 0 Å². The Hall–Kier alpha value is -4.10. The number of anilines is 2. The third-order valence-electron chi connectivity index (χ3n) is 10.1. The van der Waals surface area contributed by atoms with Crippen LogP contribution in [0.15, 0.2) is 69.6 Å². The molecule has 50 heavy (non-hydrogen) atoms. The molecule has 3 aliphatic rings. The SMILES string of the molecule is COC(=O)c1cccc(C2CCN(C(=O)[C@H](Cc3cc(Br)c(N)c(Br)c3)NC(=O)N3CCC(N4CCc5ccccc5NC4=O)CC3)CC2)c1. The number of rotatable bonds is 7. The molecule has 3 aromatic rings. The van der Waals surface area contributed by atoms with E-state index in [4.69, 9.17) is 10.5 Å². The molecule has 3 heterocycles. The van der Waals surface area contributed by atoms with Crippen LogP contribution in [0.1, 0.15) is 58.6 Å². The molecule has 6 rings (SSSR count). The summed E-state index contributed by atoms with van der Waals surface area (Å²) in [6.45, 7) is 2.63.